The molecular weight excluding hydrogens is 751 g/mol. The van der Waals surface area contributed by atoms with E-state index in [0.717, 1.165) is 24.8 Å². The van der Waals surface area contributed by atoms with Crippen LogP contribution in [0.1, 0.15) is 157 Å². The van der Waals surface area contributed by atoms with Gasteiger partial charge >= 0.3 is 19.8 Å². The number of carbonyl (C=O) groups excluding carboxylic acids is 4. The van der Waals surface area contributed by atoms with Gasteiger partial charge in [0.05, 0.1) is 32.0 Å². The zero-order valence-corrected chi connectivity index (χ0v) is 34.9. The van der Waals surface area contributed by atoms with Crippen LogP contribution in [0.5, 0.6) is 5.75 Å². The zero-order chi connectivity index (χ0) is 41.4. The molecule has 0 aliphatic carbocycles. The first-order valence-corrected chi connectivity index (χ1v) is 22.4. The molecule has 0 aliphatic rings. The van der Waals surface area contributed by atoms with E-state index in [4.69, 9.17) is 23.6 Å². The van der Waals surface area contributed by atoms with Gasteiger partial charge in [-0.15, -0.1) is 0 Å². The van der Waals surface area contributed by atoms with Gasteiger partial charge in [-0.3, -0.25) is 23.4 Å². The third-order valence-electron chi connectivity index (χ3n) is 9.27. The van der Waals surface area contributed by atoms with Gasteiger partial charge in [0.2, 0.25) is 11.8 Å². The Morgan fingerprint density at radius 1 is 0.596 bits per heavy atom. The van der Waals surface area contributed by atoms with E-state index in [-0.39, 0.29) is 76.6 Å². The monoisotopic (exact) mass is 818 g/mol. The molecule has 2 aromatic carbocycles. The van der Waals surface area contributed by atoms with Crippen molar-refractivity contribution in [1.29, 1.82) is 0 Å². The molecule has 14 heteroatoms. The van der Waals surface area contributed by atoms with E-state index in [1.54, 1.807) is 48.5 Å². The molecule has 320 valence electrons. The second-order valence-electron chi connectivity index (χ2n) is 14.3. The lowest BCUT2D eigenvalue weighted by Crippen LogP contribution is -2.27. The summed E-state index contributed by atoms with van der Waals surface area (Å²) in [6.45, 7) is 2.09. The number of aliphatic hydroxyl groups is 1. The molecule has 0 radical (unpaired) electrons. The summed E-state index contributed by atoms with van der Waals surface area (Å²) in [5, 5.41) is 14.5. The second-order valence-corrected chi connectivity index (χ2v) is 15.7. The number of rotatable bonds is 34. The van der Waals surface area contributed by atoms with Crippen molar-refractivity contribution in [3.05, 3.63) is 65.2 Å². The van der Waals surface area contributed by atoms with Gasteiger partial charge in [0.25, 0.3) is 0 Å². The molecule has 0 heterocycles. The predicted octanol–water partition coefficient (Wildman–Crippen LogP) is 8.63. The average molecular weight is 819 g/mol. The van der Waals surface area contributed by atoms with E-state index in [0.29, 0.717) is 29.7 Å². The molecule has 0 aromatic heterocycles. The number of carbonyl (C=O) groups is 4. The molecule has 0 aliphatic heterocycles. The Morgan fingerprint density at radius 2 is 1.12 bits per heavy atom. The molecular formula is C43H67N2O11P. The van der Waals surface area contributed by atoms with Gasteiger partial charge in [-0.25, -0.2) is 9.36 Å². The number of hydrogen-bond acceptors (Lipinski definition) is 10. The molecule has 0 saturated carbocycles. The number of benzene rings is 2. The van der Waals surface area contributed by atoms with Gasteiger partial charge < -0.3 is 30.1 Å². The normalized spacial score (nSPS) is 12.1. The van der Waals surface area contributed by atoms with Crippen LogP contribution in [-0.2, 0) is 45.9 Å². The predicted molar refractivity (Wildman–Crippen MR) is 219 cm³/mol. The lowest BCUT2D eigenvalue weighted by molar-refractivity contribution is -0.144. The first kappa shape index (κ1) is 49.5. The molecule has 0 bridgehead atoms. The van der Waals surface area contributed by atoms with Crippen molar-refractivity contribution < 1.29 is 52.3 Å². The maximum Gasteiger partial charge on any atom is 0.472 e. The van der Waals surface area contributed by atoms with E-state index in [9.17, 15) is 28.6 Å². The van der Waals surface area contributed by atoms with Gasteiger partial charge in [0.15, 0.2) is 0 Å². The van der Waals surface area contributed by atoms with Crippen LogP contribution >= 0.6 is 7.82 Å². The Balaban J connectivity index is 1.39. The van der Waals surface area contributed by atoms with Gasteiger partial charge in [0, 0.05) is 38.8 Å². The molecule has 4 N–H and O–H groups in total. The van der Waals surface area contributed by atoms with Gasteiger partial charge in [-0.1, -0.05) is 121 Å². The fraction of sp³-hybridized carbons (Fsp3) is 0.628. The van der Waals surface area contributed by atoms with E-state index < -0.39 is 13.8 Å². The molecule has 2 aromatic rings. The van der Waals surface area contributed by atoms with Gasteiger partial charge in [0.1, 0.15) is 5.75 Å². The maximum atomic E-state index is 12.4. The summed E-state index contributed by atoms with van der Waals surface area (Å²) in [6, 6.07) is 13.1. The highest BCUT2D eigenvalue weighted by Gasteiger charge is 2.20. The standard InChI is InChI=1S/C43H67N2O11P/c1-2-3-4-5-6-7-8-9-10-11-12-13-14-15-16-21-42(49)53-31-18-32-54-57(51,52)55-33-30-44-40(47)19-17-20-41(48)45-34-36-22-26-38(27-23-36)43(50)56-39-28-24-37(35-46)25-29-39/h22-29,46H,2-21,30-35H2,1H3,(H,44,47)(H,45,48)(H,51,52). The van der Waals surface area contributed by atoms with Gasteiger partial charge in [-0.2, -0.15) is 0 Å². The number of nitrogens with one attached hydrogen (secondary N) is 2. The SMILES string of the molecule is CCCCCCCCCCCCCCCCCC(=O)OCCCOP(=O)(O)OCCNC(=O)CCCC(=O)NCc1ccc(C(=O)Oc2ccc(CO)cc2)cc1. The van der Waals surface area contributed by atoms with Crippen molar-refractivity contribution in [3.8, 4) is 5.75 Å². The third kappa shape index (κ3) is 26.1. The van der Waals surface area contributed by atoms with Crippen LogP contribution in [0, 0.1) is 0 Å². The molecule has 1 atom stereocenters. The summed E-state index contributed by atoms with van der Waals surface area (Å²) in [6.07, 6.45) is 20.0. The lowest BCUT2D eigenvalue weighted by Gasteiger charge is -2.12. The third-order valence-corrected chi connectivity index (χ3v) is 10.3. The van der Waals surface area contributed by atoms with Crippen LogP contribution in [0.15, 0.2) is 48.5 Å². The molecule has 13 nitrogen and oxygen atoms in total. The van der Waals surface area contributed by atoms with Crippen LogP contribution in [0.2, 0.25) is 0 Å². The zero-order valence-electron chi connectivity index (χ0n) is 34.0. The van der Waals surface area contributed by atoms with Crippen LogP contribution in [-0.4, -0.2) is 60.1 Å². The van der Waals surface area contributed by atoms with E-state index in [1.807, 2.05) is 0 Å². The summed E-state index contributed by atoms with van der Waals surface area (Å²) in [5.74, 6) is -1.03. The lowest BCUT2D eigenvalue weighted by atomic mass is 10.0. The first-order chi connectivity index (χ1) is 27.6. The number of esters is 2. The summed E-state index contributed by atoms with van der Waals surface area (Å²) in [5.41, 5.74) is 1.83. The van der Waals surface area contributed by atoms with Crippen molar-refractivity contribution >= 4 is 31.6 Å². The number of phosphoric ester groups is 1. The minimum Gasteiger partial charge on any atom is -0.466 e. The highest BCUT2D eigenvalue weighted by Crippen LogP contribution is 2.42. The Morgan fingerprint density at radius 3 is 1.70 bits per heavy atom. The number of aliphatic hydroxyl groups excluding tert-OH is 1. The fourth-order valence-electron chi connectivity index (χ4n) is 5.90. The van der Waals surface area contributed by atoms with Crippen molar-refractivity contribution in [2.45, 2.75) is 148 Å². The second kappa shape index (κ2) is 31.4. The minimum absolute atomic E-state index is 0.0185. The number of ether oxygens (including phenoxy) is 2. The van der Waals surface area contributed by atoms with E-state index in [1.165, 1.54) is 77.0 Å². The minimum atomic E-state index is -4.33. The molecule has 0 fully saturated rings. The Labute approximate surface area is 339 Å². The summed E-state index contributed by atoms with van der Waals surface area (Å²) >= 11 is 0. The molecule has 2 rings (SSSR count). The Kier molecular flexibility index (Phi) is 27.3. The number of phosphoric acid groups is 1. The highest BCUT2D eigenvalue weighted by molar-refractivity contribution is 7.47. The van der Waals surface area contributed by atoms with Gasteiger partial charge in [-0.05, 0) is 48.2 Å². The summed E-state index contributed by atoms with van der Waals surface area (Å²) < 4.78 is 32.4. The van der Waals surface area contributed by atoms with E-state index >= 15 is 0 Å². The molecule has 1 unspecified atom stereocenters. The molecule has 0 saturated heterocycles. The maximum absolute atomic E-state index is 12.4. The topological polar surface area (TPSA) is 187 Å². The van der Waals surface area contributed by atoms with Crippen molar-refractivity contribution in [3.63, 3.8) is 0 Å². The molecule has 0 spiro atoms. The smallest absolute Gasteiger partial charge is 0.466 e. The Bertz CT molecular complexity index is 1450. The first-order valence-electron chi connectivity index (χ1n) is 20.9. The van der Waals surface area contributed by atoms with Crippen molar-refractivity contribution in [2.24, 2.45) is 0 Å². The van der Waals surface area contributed by atoms with Crippen molar-refractivity contribution in [2.75, 3.05) is 26.4 Å². The number of amides is 2. The summed E-state index contributed by atoms with van der Waals surface area (Å²) in [7, 11) is -4.33. The van der Waals surface area contributed by atoms with E-state index in [2.05, 4.69) is 17.6 Å². The fourth-order valence-corrected chi connectivity index (χ4v) is 6.66. The van der Waals surface area contributed by atoms with Crippen molar-refractivity contribution in [1.82, 2.24) is 10.6 Å². The summed E-state index contributed by atoms with van der Waals surface area (Å²) in [4.78, 5) is 58.6. The number of unbranched alkanes of at least 4 members (excludes halogenated alkanes) is 14. The largest absolute Gasteiger partial charge is 0.472 e. The van der Waals surface area contributed by atoms with Crippen LogP contribution in [0.25, 0.3) is 0 Å². The highest BCUT2D eigenvalue weighted by atomic mass is 31.2. The van der Waals surface area contributed by atoms with Crippen LogP contribution < -0.4 is 15.4 Å². The average Bonchev–Trinajstić information content (AvgIpc) is 3.20. The quantitative estimate of drug-likeness (QED) is 0.0229. The Hall–Kier alpha value is -3.61. The van der Waals surface area contributed by atoms with Crippen LogP contribution in [0.4, 0.5) is 0 Å². The number of hydrogen-bond donors (Lipinski definition) is 4. The molecule has 57 heavy (non-hydrogen) atoms. The van der Waals surface area contributed by atoms with Crippen LogP contribution in [0.3, 0.4) is 0 Å². The molecule has 2 amide bonds.